The van der Waals surface area contributed by atoms with Crippen LogP contribution in [0.1, 0.15) is 19.4 Å². The van der Waals surface area contributed by atoms with Crippen LogP contribution in [0.2, 0.25) is 0 Å². The first-order valence-electron chi connectivity index (χ1n) is 5.85. The van der Waals surface area contributed by atoms with Gasteiger partial charge in [0, 0.05) is 16.7 Å². The molecule has 1 rings (SSSR count). The summed E-state index contributed by atoms with van der Waals surface area (Å²) < 4.78 is 61.3. The topological polar surface area (TPSA) is 46.2 Å². The number of benzene rings is 1. The lowest BCUT2D eigenvalue weighted by molar-refractivity contribution is -0.137. The van der Waals surface area contributed by atoms with Gasteiger partial charge >= 0.3 is 6.18 Å². The molecule has 20 heavy (non-hydrogen) atoms. The quantitative estimate of drug-likeness (QED) is 0.855. The predicted octanol–water partition coefficient (Wildman–Crippen LogP) is 3.70. The van der Waals surface area contributed by atoms with Crippen molar-refractivity contribution in [3.05, 3.63) is 28.2 Å². The first-order valence-corrected chi connectivity index (χ1v) is 8.36. The Morgan fingerprint density at radius 1 is 1.25 bits per heavy atom. The van der Waals surface area contributed by atoms with Crippen LogP contribution in [0.25, 0.3) is 0 Å². The third-order valence-corrected chi connectivity index (χ3v) is 5.33. The van der Waals surface area contributed by atoms with Gasteiger partial charge in [-0.3, -0.25) is 0 Å². The molecule has 0 unspecified atom stereocenters. The number of anilines is 1. The average Bonchev–Trinajstić information content (AvgIpc) is 2.26. The molecule has 0 heterocycles. The molecule has 0 amide bonds. The van der Waals surface area contributed by atoms with Crippen LogP contribution < -0.4 is 5.32 Å². The first-order chi connectivity index (χ1) is 9.02. The van der Waals surface area contributed by atoms with Crippen LogP contribution in [0, 0.1) is 0 Å². The summed E-state index contributed by atoms with van der Waals surface area (Å²) >= 11 is 3.00. The SMILES string of the molecule is CC(C)S(=O)(=O)CCNc1cc(Br)cc(C(F)(F)F)c1. The van der Waals surface area contributed by atoms with E-state index in [1.54, 1.807) is 13.8 Å². The zero-order valence-corrected chi connectivity index (χ0v) is 13.4. The minimum absolute atomic E-state index is 0.0638. The van der Waals surface area contributed by atoms with Crippen molar-refractivity contribution in [3.63, 3.8) is 0 Å². The highest BCUT2D eigenvalue weighted by Crippen LogP contribution is 2.33. The van der Waals surface area contributed by atoms with Crippen molar-refractivity contribution < 1.29 is 21.6 Å². The van der Waals surface area contributed by atoms with Gasteiger partial charge in [-0.15, -0.1) is 0 Å². The number of rotatable bonds is 5. The normalized spacial score (nSPS) is 12.8. The highest BCUT2D eigenvalue weighted by atomic mass is 79.9. The van der Waals surface area contributed by atoms with Gasteiger partial charge in [-0.25, -0.2) is 8.42 Å². The summed E-state index contributed by atoms with van der Waals surface area (Å²) in [5, 5.41) is 2.20. The van der Waals surface area contributed by atoms with Crippen LogP contribution in [-0.4, -0.2) is 26.0 Å². The summed E-state index contributed by atoms with van der Waals surface area (Å²) in [4.78, 5) is 0. The van der Waals surface area contributed by atoms with E-state index < -0.39 is 26.8 Å². The van der Waals surface area contributed by atoms with Crippen LogP contribution in [0.5, 0.6) is 0 Å². The van der Waals surface area contributed by atoms with Gasteiger partial charge in [0.15, 0.2) is 9.84 Å². The van der Waals surface area contributed by atoms with Crippen LogP contribution >= 0.6 is 15.9 Å². The van der Waals surface area contributed by atoms with E-state index in [0.717, 1.165) is 12.1 Å². The minimum Gasteiger partial charge on any atom is -0.384 e. The molecule has 0 aliphatic carbocycles. The fraction of sp³-hybridized carbons (Fsp3) is 0.500. The second kappa shape index (κ2) is 6.34. The lowest BCUT2D eigenvalue weighted by Crippen LogP contribution is -2.23. The highest BCUT2D eigenvalue weighted by molar-refractivity contribution is 9.10. The maximum atomic E-state index is 12.6. The monoisotopic (exact) mass is 373 g/mol. The molecule has 0 fully saturated rings. The van der Waals surface area contributed by atoms with E-state index in [9.17, 15) is 21.6 Å². The molecule has 0 aliphatic heterocycles. The van der Waals surface area contributed by atoms with Gasteiger partial charge in [-0.05, 0) is 32.0 Å². The Balaban J connectivity index is 2.77. The zero-order valence-electron chi connectivity index (χ0n) is 11.0. The number of halogens is 4. The molecule has 0 saturated carbocycles. The zero-order chi connectivity index (χ0) is 15.6. The van der Waals surface area contributed by atoms with E-state index in [-0.39, 0.29) is 22.5 Å². The molecule has 0 bridgehead atoms. The van der Waals surface area contributed by atoms with E-state index in [0.29, 0.717) is 0 Å². The van der Waals surface area contributed by atoms with Gasteiger partial charge in [0.05, 0.1) is 16.6 Å². The number of hydrogen-bond acceptors (Lipinski definition) is 3. The Labute approximate surface area is 124 Å². The predicted molar refractivity (Wildman–Crippen MR) is 76.6 cm³/mol. The Bertz CT molecular complexity index is 571. The van der Waals surface area contributed by atoms with Crippen molar-refractivity contribution in [1.29, 1.82) is 0 Å². The molecule has 0 aromatic heterocycles. The number of nitrogens with one attached hydrogen (secondary N) is 1. The van der Waals surface area contributed by atoms with Crippen LogP contribution in [0.4, 0.5) is 18.9 Å². The summed E-state index contributed by atoms with van der Waals surface area (Å²) in [7, 11) is -3.21. The van der Waals surface area contributed by atoms with Crippen LogP contribution in [-0.2, 0) is 16.0 Å². The fourth-order valence-electron chi connectivity index (χ4n) is 1.43. The van der Waals surface area contributed by atoms with Gasteiger partial charge < -0.3 is 5.32 Å². The van der Waals surface area contributed by atoms with Gasteiger partial charge in [0.2, 0.25) is 0 Å². The van der Waals surface area contributed by atoms with E-state index in [4.69, 9.17) is 0 Å². The van der Waals surface area contributed by atoms with Gasteiger partial charge in [0.25, 0.3) is 0 Å². The van der Waals surface area contributed by atoms with E-state index in [2.05, 4.69) is 21.2 Å². The van der Waals surface area contributed by atoms with Crippen molar-refractivity contribution in [2.24, 2.45) is 0 Å². The third kappa shape index (κ3) is 4.97. The molecule has 1 aromatic carbocycles. The number of alkyl halides is 3. The second-order valence-electron chi connectivity index (χ2n) is 4.57. The standard InChI is InChI=1S/C12H15BrF3NO2S/c1-8(2)20(18,19)4-3-17-11-6-9(12(14,15)16)5-10(13)7-11/h5-8,17H,3-4H2,1-2H3. The molecule has 0 aliphatic rings. The number of sulfone groups is 1. The van der Waals surface area contributed by atoms with Gasteiger partial charge in [-0.1, -0.05) is 15.9 Å². The summed E-state index contributed by atoms with van der Waals surface area (Å²) in [6, 6.07) is 3.39. The Kier molecular flexibility index (Phi) is 5.48. The maximum Gasteiger partial charge on any atom is 0.416 e. The molecule has 114 valence electrons. The van der Waals surface area contributed by atoms with Gasteiger partial charge in [-0.2, -0.15) is 13.2 Å². The molecule has 0 saturated heterocycles. The van der Waals surface area contributed by atoms with E-state index >= 15 is 0 Å². The van der Waals surface area contributed by atoms with Crippen molar-refractivity contribution in [1.82, 2.24) is 0 Å². The maximum absolute atomic E-state index is 12.6. The van der Waals surface area contributed by atoms with Gasteiger partial charge in [0.1, 0.15) is 0 Å². The summed E-state index contributed by atoms with van der Waals surface area (Å²) in [6.07, 6.45) is -4.44. The molecule has 1 aromatic rings. The second-order valence-corrected chi connectivity index (χ2v) is 8.16. The molecule has 3 nitrogen and oxygen atoms in total. The molecule has 0 spiro atoms. The molecule has 1 N–H and O–H groups in total. The smallest absolute Gasteiger partial charge is 0.384 e. The molecule has 0 radical (unpaired) electrons. The van der Waals surface area contributed by atoms with E-state index in [1.807, 2.05) is 0 Å². The molecule has 0 atom stereocenters. The van der Waals surface area contributed by atoms with Crippen molar-refractivity contribution in [3.8, 4) is 0 Å². The Hall–Kier alpha value is -0.760. The summed E-state index contributed by atoms with van der Waals surface area (Å²) in [5.41, 5.74) is -0.563. The lowest BCUT2D eigenvalue weighted by Gasteiger charge is -2.12. The highest BCUT2D eigenvalue weighted by Gasteiger charge is 2.31. The van der Waals surface area contributed by atoms with Crippen LogP contribution in [0.15, 0.2) is 22.7 Å². The largest absolute Gasteiger partial charge is 0.416 e. The average molecular weight is 374 g/mol. The summed E-state index contributed by atoms with van der Waals surface area (Å²) in [5.74, 6) is -0.126. The third-order valence-electron chi connectivity index (χ3n) is 2.66. The van der Waals surface area contributed by atoms with Crippen LogP contribution in [0.3, 0.4) is 0 Å². The minimum atomic E-state index is -4.44. The fourth-order valence-corrected chi connectivity index (χ4v) is 2.78. The van der Waals surface area contributed by atoms with E-state index in [1.165, 1.54) is 6.07 Å². The molecule has 8 heteroatoms. The molecular weight excluding hydrogens is 359 g/mol. The van der Waals surface area contributed by atoms with Crippen molar-refractivity contribution >= 4 is 31.5 Å². The Morgan fingerprint density at radius 3 is 2.35 bits per heavy atom. The summed E-state index contributed by atoms with van der Waals surface area (Å²) in [6.45, 7) is 3.20. The lowest BCUT2D eigenvalue weighted by atomic mass is 10.2. The Morgan fingerprint density at radius 2 is 1.85 bits per heavy atom. The number of hydrogen-bond donors (Lipinski definition) is 1. The van der Waals surface area contributed by atoms with Crippen molar-refractivity contribution in [2.45, 2.75) is 25.3 Å². The first kappa shape index (κ1) is 17.3. The molecular formula is C12H15BrF3NO2S. The van der Waals surface area contributed by atoms with Crippen molar-refractivity contribution in [2.75, 3.05) is 17.6 Å².